The Bertz CT molecular complexity index is 490. The number of halogens is 3. The number of nitrogens with two attached hydrogens (primary N) is 1. The molecule has 1 aromatic carbocycles. The van der Waals surface area contributed by atoms with Crippen LogP contribution in [0.15, 0.2) is 23.1 Å². The predicted octanol–water partition coefficient (Wildman–Crippen LogP) is 3.86. The predicted molar refractivity (Wildman–Crippen MR) is 78.5 cm³/mol. The van der Waals surface area contributed by atoms with Crippen molar-refractivity contribution in [2.45, 2.75) is 55.2 Å². The minimum Gasteiger partial charge on any atom is -0.377 e. The Labute approximate surface area is 127 Å². The summed E-state index contributed by atoms with van der Waals surface area (Å²) in [5.41, 5.74) is 5.73. The van der Waals surface area contributed by atoms with Gasteiger partial charge in [-0.3, -0.25) is 0 Å². The summed E-state index contributed by atoms with van der Waals surface area (Å²) in [5.74, 6) is 0. The van der Waals surface area contributed by atoms with Crippen LogP contribution in [0, 0.1) is 0 Å². The SMILES string of the molecule is CC(N)Cc1ccc(SC2CCOC2C)c(C(F)(F)F)c1. The lowest BCUT2D eigenvalue weighted by Gasteiger charge is -2.19. The highest BCUT2D eigenvalue weighted by atomic mass is 32.2. The molecule has 1 fully saturated rings. The third-order valence-corrected chi connectivity index (χ3v) is 5.02. The van der Waals surface area contributed by atoms with Crippen molar-refractivity contribution >= 4 is 11.8 Å². The number of rotatable bonds is 4. The summed E-state index contributed by atoms with van der Waals surface area (Å²) < 4.78 is 45.2. The van der Waals surface area contributed by atoms with Crippen molar-refractivity contribution in [3.05, 3.63) is 29.3 Å². The van der Waals surface area contributed by atoms with E-state index in [9.17, 15) is 13.2 Å². The number of alkyl halides is 3. The molecule has 0 aliphatic carbocycles. The molecule has 1 aromatic rings. The standard InChI is InChI=1S/C15H20F3NOS/c1-9(19)7-11-3-4-14(12(8-11)15(16,17)18)21-13-5-6-20-10(13)2/h3-4,8-10,13H,5-7,19H2,1-2H3. The van der Waals surface area contributed by atoms with E-state index in [2.05, 4.69) is 0 Å². The summed E-state index contributed by atoms with van der Waals surface area (Å²) in [6, 6.07) is 4.37. The largest absolute Gasteiger partial charge is 0.417 e. The Balaban J connectivity index is 2.27. The van der Waals surface area contributed by atoms with Crippen LogP contribution >= 0.6 is 11.8 Å². The molecule has 0 amide bonds. The molecule has 21 heavy (non-hydrogen) atoms. The molecular formula is C15H20F3NOS. The smallest absolute Gasteiger partial charge is 0.377 e. The Kier molecular flexibility index (Phi) is 5.22. The third kappa shape index (κ3) is 4.37. The highest BCUT2D eigenvalue weighted by molar-refractivity contribution is 8.00. The van der Waals surface area contributed by atoms with Crippen molar-refractivity contribution in [1.82, 2.24) is 0 Å². The fourth-order valence-corrected chi connectivity index (χ4v) is 3.69. The van der Waals surface area contributed by atoms with Crippen LogP contribution in [-0.2, 0) is 17.3 Å². The van der Waals surface area contributed by atoms with Crippen molar-refractivity contribution in [3.63, 3.8) is 0 Å². The zero-order chi connectivity index (χ0) is 15.6. The van der Waals surface area contributed by atoms with E-state index in [-0.39, 0.29) is 22.3 Å². The molecule has 1 aliphatic rings. The third-order valence-electron chi connectivity index (χ3n) is 3.49. The van der Waals surface area contributed by atoms with E-state index in [1.54, 1.807) is 19.1 Å². The van der Waals surface area contributed by atoms with E-state index in [1.165, 1.54) is 17.8 Å². The molecule has 3 unspecified atom stereocenters. The van der Waals surface area contributed by atoms with Crippen LogP contribution < -0.4 is 5.73 Å². The molecule has 1 heterocycles. The number of hydrogen-bond acceptors (Lipinski definition) is 3. The molecule has 0 saturated carbocycles. The maximum absolute atomic E-state index is 13.3. The number of thioether (sulfide) groups is 1. The average Bonchev–Trinajstić information content (AvgIpc) is 2.75. The minimum atomic E-state index is -4.35. The first-order valence-corrected chi connectivity index (χ1v) is 7.89. The second-order valence-electron chi connectivity index (χ2n) is 5.53. The van der Waals surface area contributed by atoms with Gasteiger partial charge in [-0.05, 0) is 44.4 Å². The van der Waals surface area contributed by atoms with Gasteiger partial charge in [-0.1, -0.05) is 6.07 Å². The van der Waals surface area contributed by atoms with Gasteiger partial charge in [0.1, 0.15) is 0 Å². The van der Waals surface area contributed by atoms with Crippen LogP contribution in [0.2, 0.25) is 0 Å². The van der Waals surface area contributed by atoms with Gasteiger partial charge in [-0.15, -0.1) is 11.8 Å². The lowest BCUT2D eigenvalue weighted by Crippen LogP contribution is -2.19. The molecular weight excluding hydrogens is 299 g/mol. The molecule has 2 N–H and O–H groups in total. The summed E-state index contributed by atoms with van der Waals surface area (Å²) in [7, 11) is 0. The van der Waals surface area contributed by atoms with Gasteiger partial charge in [0.25, 0.3) is 0 Å². The molecule has 1 aliphatic heterocycles. The van der Waals surface area contributed by atoms with Gasteiger partial charge in [0, 0.05) is 22.8 Å². The van der Waals surface area contributed by atoms with E-state index < -0.39 is 11.7 Å². The first-order chi connectivity index (χ1) is 9.77. The fourth-order valence-electron chi connectivity index (χ4n) is 2.43. The minimum absolute atomic E-state index is 0.0141. The van der Waals surface area contributed by atoms with E-state index in [1.807, 2.05) is 6.92 Å². The van der Waals surface area contributed by atoms with Gasteiger partial charge in [-0.25, -0.2) is 0 Å². The van der Waals surface area contributed by atoms with Gasteiger partial charge < -0.3 is 10.5 Å². The molecule has 2 nitrogen and oxygen atoms in total. The summed E-state index contributed by atoms with van der Waals surface area (Å²) in [4.78, 5) is 0.276. The molecule has 6 heteroatoms. The first kappa shape index (κ1) is 16.6. The number of benzene rings is 1. The molecule has 2 rings (SSSR count). The Hall–Kier alpha value is -0.720. The molecule has 0 spiro atoms. The van der Waals surface area contributed by atoms with E-state index in [4.69, 9.17) is 10.5 Å². The second kappa shape index (κ2) is 6.58. The lowest BCUT2D eigenvalue weighted by atomic mass is 10.0. The summed E-state index contributed by atoms with van der Waals surface area (Å²) >= 11 is 1.26. The first-order valence-electron chi connectivity index (χ1n) is 7.01. The van der Waals surface area contributed by atoms with Gasteiger partial charge in [0.15, 0.2) is 0 Å². The monoisotopic (exact) mass is 319 g/mol. The maximum Gasteiger partial charge on any atom is 0.417 e. The number of hydrogen-bond donors (Lipinski definition) is 1. The zero-order valence-corrected chi connectivity index (χ0v) is 12.9. The van der Waals surface area contributed by atoms with Crippen LogP contribution in [0.1, 0.15) is 31.4 Å². The number of ether oxygens (including phenoxy) is 1. The van der Waals surface area contributed by atoms with Gasteiger partial charge in [0.05, 0.1) is 11.7 Å². The van der Waals surface area contributed by atoms with Crippen LogP contribution in [-0.4, -0.2) is 24.0 Å². The molecule has 3 atom stereocenters. The average molecular weight is 319 g/mol. The Morgan fingerprint density at radius 1 is 1.43 bits per heavy atom. The van der Waals surface area contributed by atoms with Crippen LogP contribution in [0.5, 0.6) is 0 Å². The Morgan fingerprint density at radius 3 is 2.67 bits per heavy atom. The molecule has 0 bridgehead atoms. The van der Waals surface area contributed by atoms with Crippen molar-refractivity contribution in [3.8, 4) is 0 Å². The van der Waals surface area contributed by atoms with Crippen LogP contribution in [0.4, 0.5) is 13.2 Å². The molecule has 0 radical (unpaired) electrons. The van der Waals surface area contributed by atoms with Gasteiger partial charge >= 0.3 is 6.18 Å². The second-order valence-corrected chi connectivity index (χ2v) is 6.81. The normalized spacial score (nSPS) is 24.3. The summed E-state index contributed by atoms with van der Waals surface area (Å²) in [6.07, 6.45) is -3.14. The van der Waals surface area contributed by atoms with E-state index in [0.29, 0.717) is 18.6 Å². The summed E-state index contributed by atoms with van der Waals surface area (Å²) in [6.45, 7) is 4.30. The van der Waals surface area contributed by atoms with Crippen molar-refractivity contribution in [1.29, 1.82) is 0 Å². The topological polar surface area (TPSA) is 35.2 Å². The van der Waals surface area contributed by atoms with Crippen molar-refractivity contribution in [2.24, 2.45) is 5.73 Å². The van der Waals surface area contributed by atoms with Crippen molar-refractivity contribution in [2.75, 3.05) is 6.61 Å². The maximum atomic E-state index is 13.3. The van der Waals surface area contributed by atoms with Crippen molar-refractivity contribution < 1.29 is 17.9 Å². The van der Waals surface area contributed by atoms with Gasteiger partial charge in [-0.2, -0.15) is 13.2 Å². The molecule has 1 saturated heterocycles. The van der Waals surface area contributed by atoms with E-state index in [0.717, 1.165) is 6.42 Å². The molecule has 118 valence electrons. The van der Waals surface area contributed by atoms with Crippen LogP contribution in [0.25, 0.3) is 0 Å². The fraction of sp³-hybridized carbons (Fsp3) is 0.600. The molecule has 0 aromatic heterocycles. The quantitative estimate of drug-likeness (QED) is 0.915. The van der Waals surface area contributed by atoms with Crippen LogP contribution in [0.3, 0.4) is 0 Å². The highest BCUT2D eigenvalue weighted by Gasteiger charge is 2.35. The summed E-state index contributed by atoms with van der Waals surface area (Å²) in [5, 5.41) is 0.0744. The highest BCUT2D eigenvalue weighted by Crippen LogP contribution is 2.41. The Morgan fingerprint density at radius 2 is 2.14 bits per heavy atom. The lowest BCUT2D eigenvalue weighted by molar-refractivity contribution is -0.139. The van der Waals surface area contributed by atoms with Gasteiger partial charge in [0.2, 0.25) is 0 Å². The zero-order valence-electron chi connectivity index (χ0n) is 12.1. The van der Waals surface area contributed by atoms with E-state index >= 15 is 0 Å².